The van der Waals surface area contributed by atoms with Gasteiger partial charge < -0.3 is 4.90 Å². The number of rotatable bonds is 3. The Balaban J connectivity index is 1.52. The monoisotopic (exact) mass is 335 g/mol. The van der Waals surface area contributed by atoms with Gasteiger partial charge in [-0.1, -0.05) is 36.4 Å². The van der Waals surface area contributed by atoms with Gasteiger partial charge in [0.25, 0.3) is 0 Å². The van der Waals surface area contributed by atoms with Crippen LogP contribution in [0.5, 0.6) is 0 Å². The number of nitrogens with zero attached hydrogens (tertiary/aromatic N) is 3. The molecule has 2 aliphatic heterocycles. The van der Waals surface area contributed by atoms with Crippen LogP contribution in [0, 0.1) is 18.8 Å². The van der Waals surface area contributed by atoms with Crippen molar-refractivity contribution in [1.82, 2.24) is 14.8 Å². The molecule has 0 bridgehead atoms. The van der Waals surface area contributed by atoms with Crippen LogP contribution in [0.2, 0.25) is 0 Å². The first-order valence-corrected chi connectivity index (χ1v) is 9.08. The molecule has 4 rings (SSSR count). The number of pyridine rings is 1. The lowest BCUT2D eigenvalue weighted by molar-refractivity contribution is -0.130. The van der Waals surface area contributed by atoms with Crippen LogP contribution in [0.1, 0.15) is 29.8 Å². The smallest absolute Gasteiger partial charge is 0.219 e. The van der Waals surface area contributed by atoms with Crippen LogP contribution in [0.15, 0.2) is 48.7 Å². The summed E-state index contributed by atoms with van der Waals surface area (Å²) < 4.78 is 0. The van der Waals surface area contributed by atoms with Crippen molar-refractivity contribution in [2.75, 3.05) is 19.6 Å². The summed E-state index contributed by atoms with van der Waals surface area (Å²) in [6.45, 7) is 7.65. The second-order valence-electron chi connectivity index (χ2n) is 7.45. The van der Waals surface area contributed by atoms with E-state index in [1.165, 1.54) is 11.1 Å². The minimum atomic E-state index is 0.192. The van der Waals surface area contributed by atoms with E-state index < -0.39 is 0 Å². The predicted octanol–water partition coefficient (Wildman–Crippen LogP) is 3.04. The summed E-state index contributed by atoms with van der Waals surface area (Å²) in [5.41, 5.74) is 3.59. The maximum Gasteiger partial charge on any atom is 0.219 e. The lowest BCUT2D eigenvalue weighted by Crippen LogP contribution is -2.34. The maximum atomic E-state index is 12.2. The van der Waals surface area contributed by atoms with Gasteiger partial charge >= 0.3 is 0 Å². The Kier molecular flexibility index (Phi) is 4.30. The fraction of sp³-hybridized carbons (Fsp3) is 0.429. The number of amides is 1. The summed E-state index contributed by atoms with van der Waals surface area (Å²) >= 11 is 0. The molecule has 25 heavy (non-hydrogen) atoms. The van der Waals surface area contributed by atoms with E-state index in [1.807, 2.05) is 19.2 Å². The number of hydrogen-bond donors (Lipinski definition) is 0. The van der Waals surface area contributed by atoms with Gasteiger partial charge in [-0.3, -0.25) is 14.7 Å². The summed E-state index contributed by atoms with van der Waals surface area (Å²) in [6, 6.07) is 15.0. The highest BCUT2D eigenvalue weighted by Gasteiger charge is 2.48. The highest BCUT2D eigenvalue weighted by Crippen LogP contribution is 2.45. The molecule has 2 fully saturated rings. The van der Waals surface area contributed by atoms with Crippen molar-refractivity contribution in [2.45, 2.75) is 26.4 Å². The molecular formula is C21H25N3O. The lowest BCUT2D eigenvalue weighted by Gasteiger charge is -2.29. The average molecular weight is 335 g/mol. The summed E-state index contributed by atoms with van der Waals surface area (Å²) in [4.78, 5) is 21.2. The van der Waals surface area contributed by atoms with E-state index in [2.05, 4.69) is 51.2 Å². The lowest BCUT2D eigenvalue weighted by atomic mass is 9.89. The average Bonchev–Trinajstić information content (AvgIpc) is 3.15. The third-order valence-electron chi connectivity index (χ3n) is 5.66. The zero-order valence-electron chi connectivity index (χ0n) is 14.9. The Morgan fingerprint density at radius 2 is 1.92 bits per heavy atom. The number of aryl methyl sites for hydroxylation is 1. The van der Waals surface area contributed by atoms with Crippen molar-refractivity contribution in [3.05, 3.63) is 65.5 Å². The quantitative estimate of drug-likeness (QED) is 0.865. The van der Waals surface area contributed by atoms with Gasteiger partial charge in [0.15, 0.2) is 0 Å². The van der Waals surface area contributed by atoms with Gasteiger partial charge in [0.2, 0.25) is 5.91 Å². The van der Waals surface area contributed by atoms with Gasteiger partial charge in [0.05, 0.1) is 6.04 Å². The fourth-order valence-corrected chi connectivity index (χ4v) is 4.52. The number of hydrogen-bond acceptors (Lipinski definition) is 3. The molecule has 130 valence electrons. The second kappa shape index (κ2) is 6.60. The summed E-state index contributed by atoms with van der Waals surface area (Å²) in [7, 11) is 0. The molecule has 4 heteroatoms. The minimum absolute atomic E-state index is 0.192. The van der Waals surface area contributed by atoms with Gasteiger partial charge in [-0.2, -0.15) is 0 Å². The fourth-order valence-electron chi connectivity index (χ4n) is 4.52. The van der Waals surface area contributed by atoms with Gasteiger partial charge in [0.1, 0.15) is 0 Å². The number of likely N-dealkylation sites (tertiary alicyclic amines) is 2. The summed E-state index contributed by atoms with van der Waals surface area (Å²) in [5, 5.41) is 0. The molecule has 1 aromatic heterocycles. The van der Waals surface area contributed by atoms with Crippen LogP contribution >= 0.6 is 0 Å². The number of carbonyl (C=O) groups is 1. The van der Waals surface area contributed by atoms with E-state index in [1.54, 1.807) is 6.92 Å². The Morgan fingerprint density at radius 1 is 1.12 bits per heavy atom. The molecule has 0 aliphatic carbocycles. The van der Waals surface area contributed by atoms with Crippen LogP contribution in [-0.4, -0.2) is 40.3 Å². The van der Waals surface area contributed by atoms with E-state index in [4.69, 9.17) is 0 Å². The molecule has 0 saturated carbocycles. The second-order valence-corrected chi connectivity index (χ2v) is 7.45. The zero-order valence-corrected chi connectivity index (χ0v) is 14.9. The first-order valence-electron chi connectivity index (χ1n) is 9.08. The van der Waals surface area contributed by atoms with E-state index >= 15 is 0 Å². The first-order chi connectivity index (χ1) is 12.1. The van der Waals surface area contributed by atoms with Gasteiger partial charge in [-0.25, -0.2) is 0 Å². The minimum Gasteiger partial charge on any atom is -0.335 e. The molecule has 0 radical (unpaired) electrons. The topological polar surface area (TPSA) is 36.4 Å². The van der Waals surface area contributed by atoms with Crippen molar-refractivity contribution in [1.29, 1.82) is 0 Å². The van der Waals surface area contributed by atoms with Crippen molar-refractivity contribution >= 4 is 5.91 Å². The molecule has 0 unspecified atom stereocenters. The molecule has 4 nitrogen and oxygen atoms in total. The van der Waals surface area contributed by atoms with Gasteiger partial charge in [-0.15, -0.1) is 0 Å². The van der Waals surface area contributed by atoms with Crippen LogP contribution in [0.3, 0.4) is 0 Å². The molecule has 1 aromatic carbocycles. The van der Waals surface area contributed by atoms with Crippen LogP contribution in [0.25, 0.3) is 0 Å². The molecule has 2 aliphatic rings. The van der Waals surface area contributed by atoms with E-state index in [0.29, 0.717) is 11.8 Å². The standard InChI is InChI=1S/C21H25N3O/c1-15-8-9-17(10-22-15)11-23-12-19-13-24(16(2)25)21(20(19)14-23)18-6-4-3-5-7-18/h3-10,19-21H,11-14H2,1-2H3/t19-,20-,21-/m1/s1. The van der Waals surface area contributed by atoms with E-state index in [9.17, 15) is 4.79 Å². The third kappa shape index (κ3) is 3.19. The van der Waals surface area contributed by atoms with Crippen LogP contribution < -0.4 is 0 Å². The molecule has 3 atom stereocenters. The van der Waals surface area contributed by atoms with Gasteiger partial charge in [-0.05, 0) is 30.0 Å². The molecule has 1 amide bonds. The highest BCUT2D eigenvalue weighted by atomic mass is 16.2. The van der Waals surface area contributed by atoms with Crippen molar-refractivity contribution in [3.8, 4) is 0 Å². The molecule has 2 saturated heterocycles. The molecular weight excluding hydrogens is 310 g/mol. The third-order valence-corrected chi connectivity index (χ3v) is 5.66. The normalized spacial score (nSPS) is 26.0. The van der Waals surface area contributed by atoms with E-state index in [0.717, 1.165) is 31.9 Å². The summed E-state index contributed by atoms with van der Waals surface area (Å²) in [6.07, 6.45) is 1.99. The molecule has 0 N–H and O–H groups in total. The first kappa shape index (κ1) is 16.3. The van der Waals surface area contributed by atoms with Gasteiger partial charge in [0, 0.05) is 50.9 Å². The maximum absolute atomic E-state index is 12.2. The number of benzene rings is 1. The summed E-state index contributed by atoms with van der Waals surface area (Å²) in [5.74, 6) is 1.27. The van der Waals surface area contributed by atoms with Crippen molar-refractivity contribution < 1.29 is 4.79 Å². The Hall–Kier alpha value is -2.20. The van der Waals surface area contributed by atoms with Crippen molar-refractivity contribution in [3.63, 3.8) is 0 Å². The largest absolute Gasteiger partial charge is 0.335 e. The number of carbonyl (C=O) groups excluding carboxylic acids is 1. The van der Waals surface area contributed by atoms with Crippen LogP contribution in [-0.2, 0) is 11.3 Å². The SMILES string of the molecule is CC(=O)N1C[C@H]2CN(Cc3ccc(C)nc3)C[C@H]2[C@H]1c1ccccc1. The van der Waals surface area contributed by atoms with Crippen LogP contribution in [0.4, 0.5) is 0 Å². The molecule has 2 aromatic rings. The Labute approximate surface area is 149 Å². The van der Waals surface area contributed by atoms with Crippen molar-refractivity contribution in [2.24, 2.45) is 11.8 Å². The van der Waals surface area contributed by atoms with E-state index in [-0.39, 0.29) is 11.9 Å². The molecule has 0 spiro atoms. The predicted molar refractivity (Wildman–Crippen MR) is 97.8 cm³/mol. The highest BCUT2D eigenvalue weighted by molar-refractivity contribution is 5.74. The Morgan fingerprint density at radius 3 is 2.60 bits per heavy atom. The number of fused-ring (bicyclic) bond motifs is 1. The number of aromatic nitrogens is 1. The zero-order chi connectivity index (χ0) is 17.4. The molecule has 3 heterocycles. The Bertz CT molecular complexity index is 743.